The second-order valence-corrected chi connectivity index (χ2v) is 5.78. The van der Waals surface area contributed by atoms with Crippen LogP contribution >= 0.6 is 0 Å². The minimum absolute atomic E-state index is 0.230. The van der Waals surface area contributed by atoms with Gasteiger partial charge in [0.25, 0.3) is 0 Å². The molecule has 0 amide bonds. The number of rotatable bonds is 2. The molecule has 24 heavy (non-hydrogen) atoms. The van der Waals surface area contributed by atoms with Gasteiger partial charge in [-0.3, -0.25) is 4.98 Å². The fourth-order valence-electron chi connectivity index (χ4n) is 2.91. The van der Waals surface area contributed by atoms with Crippen LogP contribution in [0.15, 0.2) is 60.9 Å². The molecule has 4 aromatic rings. The van der Waals surface area contributed by atoms with Crippen molar-refractivity contribution in [3.8, 4) is 11.3 Å². The first-order valence-corrected chi connectivity index (χ1v) is 7.61. The normalized spacial score (nSPS) is 11.0. The molecule has 2 heterocycles. The minimum Gasteiger partial charge on any atom is -0.478 e. The standard InChI is InChI=1S/C20H14N2O2/c1-12-2-4-13(5-3-12)19-16-8-9-21-11-17(16)15-7-6-14(20(23)24)10-18(15)22-19/h2-11H,1H3,(H,23,24). The number of aryl methyl sites for hydroxylation is 1. The average Bonchev–Trinajstić information content (AvgIpc) is 2.61. The van der Waals surface area contributed by atoms with E-state index in [1.54, 1.807) is 30.6 Å². The average molecular weight is 314 g/mol. The van der Waals surface area contributed by atoms with Crippen LogP contribution in [0.25, 0.3) is 32.9 Å². The van der Waals surface area contributed by atoms with Crippen LogP contribution < -0.4 is 0 Å². The Balaban J connectivity index is 2.10. The summed E-state index contributed by atoms with van der Waals surface area (Å²) >= 11 is 0. The second-order valence-electron chi connectivity index (χ2n) is 5.78. The topological polar surface area (TPSA) is 63.1 Å². The highest BCUT2D eigenvalue weighted by Gasteiger charge is 2.12. The van der Waals surface area contributed by atoms with E-state index >= 15 is 0 Å². The van der Waals surface area contributed by atoms with Gasteiger partial charge in [0.05, 0.1) is 16.8 Å². The van der Waals surface area contributed by atoms with Crippen molar-refractivity contribution in [2.24, 2.45) is 0 Å². The van der Waals surface area contributed by atoms with E-state index in [1.165, 1.54) is 5.56 Å². The summed E-state index contributed by atoms with van der Waals surface area (Å²) in [4.78, 5) is 20.2. The number of fused-ring (bicyclic) bond motifs is 3. The van der Waals surface area contributed by atoms with Gasteiger partial charge < -0.3 is 5.11 Å². The molecule has 2 aromatic heterocycles. The van der Waals surface area contributed by atoms with Gasteiger partial charge in [-0.1, -0.05) is 35.9 Å². The summed E-state index contributed by atoms with van der Waals surface area (Å²) in [6.45, 7) is 2.04. The van der Waals surface area contributed by atoms with Crippen LogP contribution in [0.1, 0.15) is 15.9 Å². The van der Waals surface area contributed by atoms with Crippen molar-refractivity contribution >= 4 is 27.6 Å². The third kappa shape index (κ3) is 2.29. The number of benzene rings is 2. The highest BCUT2D eigenvalue weighted by atomic mass is 16.4. The largest absolute Gasteiger partial charge is 0.478 e. The number of hydrogen-bond acceptors (Lipinski definition) is 3. The van der Waals surface area contributed by atoms with Gasteiger partial charge in [-0.05, 0) is 25.1 Å². The maximum Gasteiger partial charge on any atom is 0.335 e. The van der Waals surface area contributed by atoms with Crippen molar-refractivity contribution in [1.82, 2.24) is 9.97 Å². The molecule has 2 aromatic carbocycles. The van der Waals surface area contributed by atoms with Crippen LogP contribution in [0, 0.1) is 6.92 Å². The van der Waals surface area contributed by atoms with Gasteiger partial charge in [0.2, 0.25) is 0 Å². The first kappa shape index (κ1) is 14.3. The highest BCUT2D eigenvalue weighted by molar-refractivity contribution is 6.11. The van der Waals surface area contributed by atoms with Crippen molar-refractivity contribution in [2.45, 2.75) is 6.92 Å². The van der Waals surface area contributed by atoms with E-state index in [4.69, 9.17) is 4.98 Å². The van der Waals surface area contributed by atoms with Crippen molar-refractivity contribution in [2.75, 3.05) is 0 Å². The Morgan fingerprint density at radius 2 is 1.75 bits per heavy atom. The predicted octanol–water partition coefficient (Wildman–Crippen LogP) is 4.46. The molecule has 0 saturated heterocycles. The molecular weight excluding hydrogens is 300 g/mol. The van der Waals surface area contributed by atoms with E-state index < -0.39 is 5.97 Å². The first-order valence-electron chi connectivity index (χ1n) is 7.61. The third-order valence-electron chi connectivity index (χ3n) is 4.17. The highest BCUT2D eigenvalue weighted by Crippen LogP contribution is 2.32. The van der Waals surface area contributed by atoms with E-state index in [1.807, 2.05) is 37.3 Å². The third-order valence-corrected chi connectivity index (χ3v) is 4.17. The molecule has 0 fully saturated rings. The molecule has 0 aliphatic rings. The lowest BCUT2D eigenvalue weighted by molar-refractivity contribution is 0.0697. The van der Waals surface area contributed by atoms with Crippen LogP contribution in [0.2, 0.25) is 0 Å². The van der Waals surface area contributed by atoms with Crippen LogP contribution in [0.4, 0.5) is 0 Å². The van der Waals surface area contributed by atoms with E-state index in [0.29, 0.717) is 5.52 Å². The summed E-state index contributed by atoms with van der Waals surface area (Å²) < 4.78 is 0. The molecule has 0 aliphatic carbocycles. The number of aromatic carboxylic acids is 1. The Morgan fingerprint density at radius 3 is 2.50 bits per heavy atom. The van der Waals surface area contributed by atoms with Gasteiger partial charge in [-0.2, -0.15) is 0 Å². The number of aromatic nitrogens is 2. The summed E-state index contributed by atoms with van der Waals surface area (Å²) in [7, 11) is 0. The Kier molecular flexibility index (Phi) is 3.24. The van der Waals surface area contributed by atoms with Gasteiger partial charge in [-0.15, -0.1) is 0 Å². The van der Waals surface area contributed by atoms with Crippen LogP contribution in [0.3, 0.4) is 0 Å². The zero-order chi connectivity index (χ0) is 16.7. The molecule has 1 N–H and O–H groups in total. The predicted molar refractivity (Wildman–Crippen MR) is 94.2 cm³/mol. The molecule has 0 unspecified atom stereocenters. The van der Waals surface area contributed by atoms with Gasteiger partial charge in [0, 0.05) is 34.1 Å². The molecule has 0 radical (unpaired) electrons. The molecule has 0 aliphatic heterocycles. The molecule has 0 spiro atoms. The van der Waals surface area contributed by atoms with Crippen molar-refractivity contribution in [1.29, 1.82) is 0 Å². The van der Waals surface area contributed by atoms with Gasteiger partial charge in [-0.25, -0.2) is 9.78 Å². The smallest absolute Gasteiger partial charge is 0.335 e. The summed E-state index contributed by atoms with van der Waals surface area (Å²) in [6.07, 6.45) is 3.55. The molecule has 116 valence electrons. The Morgan fingerprint density at radius 1 is 0.958 bits per heavy atom. The van der Waals surface area contributed by atoms with E-state index in [9.17, 15) is 9.90 Å². The quantitative estimate of drug-likeness (QED) is 0.555. The number of pyridine rings is 2. The number of carboxylic acids is 1. The summed E-state index contributed by atoms with van der Waals surface area (Å²) in [5.41, 5.74) is 3.90. The molecule has 0 bridgehead atoms. The molecule has 4 heteroatoms. The Bertz CT molecular complexity index is 1090. The molecule has 0 atom stereocenters. The summed E-state index contributed by atoms with van der Waals surface area (Å²) in [6, 6.07) is 15.1. The van der Waals surface area contributed by atoms with E-state index in [2.05, 4.69) is 4.98 Å². The lowest BCUT2D eigenvalue weighted by Crippen LogP contribution is -1.97. The number of carboxylic acid groups (broad SMARTS) is 1. The Hall–Kier alpha value is -3.27. The molecule has 0 saturated carbocycles. The summed E-state index contributed by atoms with van der Waals surface area (Å²) in [5.74, 6) is -0.957. The number of hydrogen-bond donors (Lipinski definition) is 1. The molecule has 4 rings (SSSR count). The lowest BCUT2D eigenvalue weighted by atomic mass is 10.00. The van der Waals surface area contributed by atoms with Crippen molar-refractivity contribution in [3.63, 3.8) is 0 Å². The van der Waals surface area contributed by atoms with Gasteiger partial charge >= 0.3 is 5.97 Å². The summed E-state index contributed by atoms with van der Waals surface area (Å²) in [5, 5.41) is 12.1. The maximum atomic E-state index is 11.3. The van der Waals surface area contributed by atoms with E-state index in [-0.39, 0.29) is 5.56 Å². The zero-order valence-electron chi connectivity index (χ0n) is 13.0. The minimum atomic E-state index is -0.957. The van der Waals surface area contributed by atoms with Crippen molar-refractivity contribution < 1.29 is 9.90 Å². The van der Waals surface area contributed by atoms with Gasteiger partial charge in [0.1, 0.15) is 0 Å². The van der Waals surface area contributed by atoms with Crippen LogP contribution in [-0.2, 0) is 0 Å². The molecule has 4 nitrogen and oxygen atoms in total. The SMILES string of the molecule is Cc1ccc(-c2nc3cc(C(=O)O)ccc3c3cnccc23)cc1. The number of nitrogens with zero attached hydrogens (tertiary/aromatic N) is 2. The van der Waals surface area contributed by atoms with Crippen LogP contribution in [-0.4, -0.2) is 21.0 Å². The monoisotopic (exact) mass is 314 g/mol. The number of carbonyl (C=O) groups is 1. The fourth-order valence-corrected chi connectivity index (χ4v) is 2.91. The van der Waals surface area contributed by atoms with Gasteiger partial charge in [0.15, 0.2) is 0 Å². The maximum absolute atomic E-state index is 11.3. The van der Waals surface area contributed by atoms with E-state index in [0.717, 1.165) is 27.4 Å². The second kappa shape index (κ2) is 5.42. The van der Waals surface area contributed by atoms with Crippen molar-refractivity contribution in [3.05, 3.63) is 72.1 Å². The van der Waals surface area contributed by atoms with Crippen LogP contribution in [0.5, 0.6) is 0 Å². The molecular formula is C20H14N2O2. The first-order chi connectivity index (χ1) is 11.6. The fraction of sp³-hybridized carbons (Fsp3) is 0.0500. The Labute approximate surface area is 138 Å². The lowest BCUT2D eigenvalue weighted by Gasteiger charge is -2.10. The zero-order valence-corrected chi connectivity index (χ0v) is 13.0.